The average Bonchev–Trinajstić information content (AvgIpc) is 3.38. The Morgan fingerprint density at radius 2 is 0.418 bits per heavy atom. The van der Waals surface area contributed by atoms with Gasteiger partial charge >= 0.3 is 293 Å². The molecule has 0 bridgehead atoms. The summed E-state index contributed by atoms with van der Waals surface area (Å²) in [5.74, 6) is 4.82. The fourth-order valence-corrected chi connectivity index (χ4v) is 11.3. The molecule has 6 aromatic rings. The zero-order valence-electron chi connectivity index (χ0n) is 38.1. The molecular weight excluding hydrogens is 920 g/mol. The van der Waals surface area contributed by atoms with Crippen LogP contribution < -0.4 is 41.8 Å². The van der Waals surface area contributed by atoms with Gasteiger partial charge in [0.15, 0.2) is 0 Å². The first-order valence-corrected chi connectivity index (χ1v) is 25.3. The molecule has 0 atom stereocenters. The Balaban J connectivity index is 1.01. The minimum atomic E-state index is -2.13. The van der Waals surface area contributed by atoms with Crippen LogP contribution in [0.5, 0.6) is 34.5 Å². The first-order valence-electron chi connectivity index (χ1n) is 22.7. The van der Waals surface area contributed by atoms with Gasteiger partial charge < -0.3 is 0 Å². The van der Waals surface area contributed by atoms with Gasteiger partial charge in [-0.15, -0.1) is 0 Å². The van der Waals surface area contributed by atoms with E-state index in [0.29, 0.717) is 119 Å². The third-order valence-corrected chi connectivity index (χ3v) is 14.4. The Hall–Kier alpha value is -5.60. The first kappa shape index (κ1) is 50.8. The van der Waals surface area contributed by atoms with Gasteiger partial charge in [0.25, 0.3) is 0 Å². The Labute approximate surface area is 399 Å². The molecule has 356 valence electrons. The molecule has 0 spiro atoms. The van der Waals surface area contributed by atoms with Gasteiger partial charge in [-0.05, 0) is 36.4 Å². The van der Waals surface area contributed by atoms with Crippen molar-refractivity contribution in [2.45, 2.75) is 0 Å². The summed E-state index contributed by atoms with van der Waals surface area (Å²) in [5.41, 5.74) is 0. The molecule has 0 radical (unpaired) electrons. The van der Waals surface area contributed by atoms with Crippen molar-refractivity contribution < 1.29 is 56.8 Å². The number of rotatable bonds is 36. The predicted molar refractivity (Wildman–Crippen MR) is 261 cm³/mol. The van der Waals surface area contributed by atoms with Crippen LogP contribution >= 0.6 is 0 Å². The van der Waals surface area contributed by atoms with Gasteiger partial charge in [0.1, 0.15) is 17.2 Å². The van der Waals surface area contributed by atoms with Crippen molar-refractivity contribution in [3.05, 3.63) is 164 Å². The summed E-state index contributed by atoms with van der Waals surface area (Å²) in [5, 5.41) is 0. The second-order valence-electron chi connectivity index (χ2n) is 14.4. The average molecular weight is 983 g/mol. The van der Waals surface area contributed by atoms with Crippen LogP contribution in [0, 0.1) is 0 Å². The number of ether oxygens (including phenoxy) is 12. The molecule has 12 nitrogen and oxygen atoms in total. The molecule has 6 aromatic carbocycles. The van der Waals surface area contributed by atoms with E-state index in [9.17, 15) is 0 Å². The Morgan fingerprint density at radius 1 is 0.209 bits per heavy atom. The molecule has 0 fully saturated rings. The molecule has 0 aliphatic rings. The van der Waals surface area contributed by atoms with E-state index in [0.717, 1.165) is 47.9 Å². The van der Waals surface area contributed by atoms with E-state index in [1.807, 2.05) is 127 Å². The number of hydrogen-bond donors (Lipinski definition) is 0. The fourth-order valence-electron chi connectivity index (χ4n) is 6.37. The molecule has 0 saturated carbocycles. The molecule has 0 amide bonds. The molecular formula is C54H63O12Se+. The molecule has 0 aliphatic carbocycles. The third-order valence-electron chi connectivity index (χ3n) is 9.50. The van der Waals surface area contributed by atoms with Crippen molar-refractivity contribution in [3.63, 3.8) is 0 Å². The van der Waals surface area contributed by atoms with E-state index in [1.54, 1.807) is 0 Å². The normalized spacial score (nSPS) is 11.1. The van der Waals surface area contributed by atoms with Crippen molar-refractivity contribution in [2.24, 2.45) is 0 Å². The summed E-state index contributed by atoms with van der Waals surface area (Å²) in [4.78, 5) is 0. The van der Waals surface area contributed by atoms with E-state index in [-0.39, 0.29) is 0 Å². The monoisotopic (exact) mass is 983 g/mol. The Kier molecular flexibility index (Phi) is 24.4. The van der Waals surface area contributed by atoms with Crippen LogP contribution in [-0.2, 0) is 28.4 Å². The summed E-state index contributed by atoms with van der Waals surface area (Å²) < 4.78 is 74.5. The fraction of sp³-hybridized carbons (Fsp3) is 0.333. The zero-order chi connectivity index (χ0) is 46.1. The summed E-state index contributed by atoms with van der Waals surface area (Å²) in [6.45, 7) is 7.90. The van der Waals surface area contributed by atoms with Crippen LogP contribution in [0.1, 0.15) is 0 Å². The summed E-state index contributed by atoms with van der Waals surface area (Å²) in [7, 11) is 0. The molecule has 0 aliphatic heterocycles. The molecule has 6 rings (SSSR count). The predicted octanol–water partition coefficient (Wildman–Crippen LogP) is 6.68. The van der Waals surface area contributed by atoms with Crippen molar-refractivity contribution in [2.75, 3.05) is 119 Å². The molecule has 0 aromatic heterocycles. The number of benzene rings is 6. The van der Waals surface area contributed by atoms with E-state index < -0.39 is 13.9 Å². The van der Waals surface area contributed by atoms with Gasteiger partial charge in [-0.3, -0.25) is 0 Å². The Morgan fingerprint density at radius 3 is 0.687 bits per heavy atom. The van der Waals surface area contributed by atoms with Gasteiger partial charge in [0, 0.05) is 0 Å². The molecule has 13 heteroatoms. The van der Waals surface area contributed by atoms with E-state index in [1.165, 1.54) is 0 Å². The van der Waals surface area contributed by atoms with E-state index >= 15 is 0 Å². The maximum atomic E-state index is 6.49. The van der Waals surface area contributed by atoms with Crippen LogP contribution in [0.3, 0.4) is 0 Å². The molecule has 67 heavy (non-hydrogen) atoms. The number of hydrogen-bond acceptors (Lipinski definition) is 12. The summed E-state index contributed by atoms with van der Waals surface area (Å²) in [6, 6.07) is 53.7. The van der Waals surface area contributed by atoms with Gasteiger partial charge in [-0.1, -0.05) is 54.6 Å². The minimum Gasteiger partial charge on any atom is -0.0620 e. The summed E-state index contributed by atoms with van der Waals surface area (Å²) in [6.07, 6.45) is 0. The Bertz CT molecular complexity index is 1920. The van der Waals surface area contributed by atoms with Crippen molar-refractivity contribution in [1.82, 2.24) is 0 Å². The molecule has 0 heterocycles. The van der Waals surface area contributed by atoms with Crippen LogP contribution in [-0.4, -0.2) is 133 Å². The van der Waals surface area contributed by atoms with Crippen molar-refractivity contribution in [1.29, 1.82) is 0 Å². The van der Waals surface area contributed by atoms with Gasteiger partial charge in [-0.2, -0.15) is 0 Å². The van der Waals surface area contributed by atoms with Crippen LogP contribution in [0.15, 0.2) is 164 Å². The van der Waals surface area contributed by atoms with Crippen molar-refractivity contribution in [3.8, 4) is 34.5 Å². The van der Waals surface area contributed by atoms with Crippen LogP contribution in [0.25, 0.3) is 0 Å². The SMILES string of the molecule is c1ccc(OCCOCCOCCOc2ccccc2[Se+](c2ccccc2OCCOCCOCCOc2ccccc2)c2ccccc2OCCOCCOCCOc2ccccc2)cc1. The topological polar surface area (TPSA) is 111 Å². The zero-order valence-corrected chi connectivity index (χ0v) is 39.8. The van der Waals surface area contributed by atoms with Crippen molar-refractivity contribution >= 4 is 27.3 Å². The summed E-state index contributed by atoms with van der Waals surface area (Å²) >= 11 is -2.13. The molecule has 0 N–H and O–H groups in total. The first-order chi connectivity index (χ1) is 33.3. The maximum absolute atomic E-state index is 6.49. The standard InChI is InChI=1S/C54H63O12Se/c1-4-16-46(17-5-1)61-40-34-55-28-31-58-37-43-64-49-22-10-13-25-52(49)67(53-26-14-11-23-50(53)65-44-38-59-32-29-56-35-41-62-47-18-6-2-7-19-47)54-27-15-12-24-51(54)66-45-39-60-33-30-57-36-42-63-48-20-8-3-9-21-48/h1-27H,28-45H2/q+1. The van der Waals surface area contributed by atoms with E-state index in [4.69, 9.17) is 56.8 Å². The quantitative estimate of drug-likeness (QED) is 0.0310. The van der Waals surface area contributed by atoms with Crippen LogP contribution in [0.2, 0.25) is 0 Å². The molecule has 0 saturated heterocycles. The smallest absolute Gasteiger partial charge is 0.0620 e. The third kappa shape index (κ3) is 19.6. The second-order valence-corrected chi connectivity index (χ2v) is 18.4. The van der Waals surface area contributed by atoms with Gasteiger partial charge in [-0.25, -0.2) is 0 Å². The minimum absolute atomic E-state index is 0.367. The number of para-hydroxylation sites is 6. The van der Waals surface area contributed by atoms with Gasteiger partial charge in [0.2, 0.25) is 0 Å². The second kappa shape index (κ2) is 32.2. The van der Waals surface area contributed by atoms with Gasteiger partial charge in [0.05, 0.1) is 0 Å². The molecule has 0 unspecified atom stereocenters. The van der Waals surface area contributed by atoms with Crippen LogP contribution in [0.4, 0.5) is 0 Å². The van der Waals surface area contributed by atoms with E-state index in [2.05, 4.69) is 36.4 Å².